The molecule has 98 valence electrons. The minimum absolute atomic E-state index is 0.513. The number of ether oxygens (including phenoxy) is 1. The molecule has 6 nitrogen and oxygen atoms in total. The summed E-state index contributed by atoms with van der Waals surface area (Å²) in [5.74, 6) is -1.28. The summed E-state index contributed by atoms with van der Waals surface area (Å²) < 4.78 is 5.24. The van der Waals surface area contributed by atoms with Crippen LogP contribution in [0.1, 0.15) is 39.0 Å². The molecule has 0 spiro atoms. The summed E-state index contributed by atoms with van der Waals surface area (Å²) in [6.45, 7) is 1.20. The molecule has 1 aliphatic carbocycles. The first kappa shape index (κ1) is 13.8. The predicted octanol–water partition coefficient (Wildman–Crippen LogP) is 0.881. The summed E-state index contributed by atoms with van der Waals surface area (Å²) in [5.41, 5.74) is -0.513. The SMILES string of the molecule is CC1(OC(=O)NC(CO)C(=O)O)CCCCC1. The lowest BCUT2D eigenvalue weighted by molar-refractivity contribution is -0.140. The van der Waals surface area contributed by atoms with E-state index < -0.39 is 30.3 Å². The molecule has 1 atom stereocenters. The fourth-order valence-corrected chi connectivity index (χ4v) is 1.98. The van der Waals surface area contributed by atoms with Crippen LogP contribution in [0.15, 0.2) is 0 Å². The maximum Gasteiger partial charge on any atom is 0.408 e. The molecule has 1 aliphatic rings. The van der Waals surface area contributed by atoms with E-state index in [1.54, 1.807) is 0 Å². The van der Waals surface area contributed by atoms with E-state index in [0.29, 0.717) is 0 Å². The number of aliphatic hydroxyl groups excluding tert-OH is 1. The van der Waals surface area contributed by atoms with Gasteiger partial charge in [-0.3, -0.25) is 0 Å². The molecule has 0 aliphatic heterocycles. The van der Waals surface area contributed by atoms with Gasteiger partial charge in [-0.05, 0) is 32.6 Å². The smallest absolute Gasteiger partial charge is 0.408 e. The van der Waals surface area contributed by atoms with Crippen molar-refractivity contribution in [2.75, 3.05) is 6.61 Å². The van der Waals surface area contributed by atoms with Gasteiger partial charge in [-0.25, -0.2) is 9.59 Å². The van der Waals surface area contributed by atoms with E-state index in [9.17, 15) is 9.59 Å². The second kappa shape index (κ2) is 5.86. The summed E-state index contributed by atoms with van der Waals surface area (Å²) in [4.78, 5) is 22.1. The monoisotopic (exact) mass is 245 g/mol. The highest BCUT2D eigenvalue weighted by Crippen LogP contribution is 2.30. The van der Waals surface area contributed by atoms with Crippen LogP contribution in [0.25, 0.3) is 0 Å². The molecular weight excluding hydrogens is 226 g/mol. The first-order valence-corrected chi connectivity index (χ1v) is 5.80. The molecule has 1 saturated carbocycles. The summed E-state index contributed by atoms with van der Waals surface area (Å²) >= 11 is 0. The Bertz CT molecular complexity index is 286. The van der Waals surface area contributed by atoms with Gasteiger partial charge in [0.05, 0.1) is 6.61 Å². The van der Waals surface area contributed by atoms with Crippen molar-refractivity contribution in [3.05, 3.63) is 0 Å². The van der Waals surface area contributed by atoms with Crippen molar-refractivity contribution < 1.29 is 24.5 Å². The number of carboxylic acid groups (broad SMARTS) is 1. The summed E-state index contributed by atoms with van der Waals surface area (Å²) in [6, 6.07) is -1.31. The Morgan fingerprint density at radius 3 is 2.41 bits per heavy atom. The van der Waals surface area contributed by atoms with Gasteiger partial charge in [0.25, 0.3) is 0 Å². The second-order valence-electron chi connectivity index (χ2n) is 4.62. The molecule has 1 fully saturated rings. The zero-order valence-corrected chi connectivity index (χ0v) is 9.94. The molecule has 0 bridgehead atoms. The van der Waals surface area contributed by atoms with Gasteiger partial charge < -0.3 is 20.3 Å². The third-order valence-electron chi connectivity index (χ3n) is 3.02. The van der Waals surface area contributed by atoms with Crippen LogP contribution in [-0.2, 0) is 9.53 Å². The average Bonchev–Trinajstić information content (AvgIpc) is 2.25. The number of alkyl carbamates (subject to hydrolysis) is 1. The lowest BCUT2D eigenvalue weighted by Crippen LogP contribution is -2.47. The van der Waals surface area contributed by atoms with Crippen molar-refractivity contribution in [1.82, 2.24) is 5.32 Å². The number of nitrogens with one attached hydrogen (secondary N) is 1. The number of hydrogen-bond donors (Lipinski definition) is 3. The quantitative estimate of drug-likeness (QED) is 0.683. The van der Waals surface area contributed by atoms with Crippen molar-refractivity contribution in [2.45, 2.75) is 50.7 Å². The maximum atomic E-state index is 11.5. The minimum atomic E-state index is -1.31. The minimum Gasteiger partial charge on any atom is -0.480 e. The van der Waals surface area contributed by atoms with Crippen molar-refractivity contribution >= 4 is 12.1 Å². The highest BCUT2D eigenvalue weighted by Gasteiger charge is 2.32. The summed E-state index contributed by atoms with van der Waals surface area (Å²) in [5, 5.41) is 19.6. The normalized spacial score (nSPS) is 20.4. The number of aliphatic hydroxyl groups is 1. The fourth-order valence-electron chi connectivity index (χ4n) is 1.98. The molecule has 17 heavy (non-hydrogen) atoms. The number of carbonyl (C=O) groups is 2. The van der Waals surface area contributed by atoms with E-state index in [1.807, 2.05) is 6.92 Å². The number of hydrogen-bond acceptors (Lipinski definition) is 4. The van der Waals surface area contributed by atoms with E-state index in [1.165, 1.54) is 0 Å². The number of carboxylic acids is 1. The second-order valence-corrected chi connectivity index (χ2v) is 4.62. The van der Waals surface area contributed by atoms with Gasteiger partial charge >= 0.3 is 12.1 Å². The molecule has 1 unspecified atom stereocenters. The van der Waals surface area contributed by atoms with Crippen molar-refractivity contribution in [3.8, 4) is 0 Å². The Morgan fingerprint density at radius 1 is 1.35 bits per heavy atom. The van der Waals surface area contributed by atoms with Crippen LogP contribution < -0.4 is 5.32 Å². The zero-order chi connectivity index (χ0) is 12.9. The molecule has 0 aromatic carbocycles. The molecule has 1 amide bonds. The molecule has 6 heteroatoms. The van der Waals surface area contributed by atoms with Gasteiger partial charge in [-0.2, -0.15) is 0 Å². The van der Waals surface area contributed by atoms with E-state index >= 15 is 0 Å². The van der Waals surface area contributed by atoms with E-state index in [2.05, 4.69) is 5.32 Å². The van der Waals surface area contributed by atoms with E-state index in [-0.39, 0.29) is 0 Å². The van der Waals surface area contributed by atoms with Gasteiger partial charge in [0, 0.05) is 0 Å². The highest BCUT2D eigenvalue weighted by molar-refractivity contribution is 5.80. The number of carbonyl (C=O) groups excluding carboxylic acids is 1. The number of rotatable bonds is 4. The Hall–Kier alpha value is -1.30. The van der Waals surface area contributed by atoms with Crippen molar-refractivity contribution in [3.63, 3.8) is 0 Å². The highest BCUT2D eigenvalue weighted by atomic mass is 16.6. The van der Waals surface area contributed by atoms with Crippen LogP contribution in [0.4, 0.5) is 4.79 Å². The molecule has 3 N–H and O–H groups in total. The zero-order valence-electron chi connectivity index (χ0n) is 9.94. The molecular formula is C11H19NO5. The summed E-state index contributed by atoms with van der Waals surface area (Å²) in [6.07, 6.45) is 3.94. The summed E-state index contributed by atoms with van der Waals surface area (Å²) in [7, 11) is 0. The number of aliphatic carboxylic acids is 1. The molecule has 0 saturated heterocycles. The Labute approximate surface area is 100.0 Å². The average molecular weight is 245 g/mol. The Kier molecular flexibility index (Phi) is 4.74. The molecule has 0 aromatic rings. The number of amides is 1. The van der Waals surface area contributed by atoms with Gasteiger partial charge in [0.15, 0.2) is 6.04 Å². The fraction of sp³-hybridized carbons (Fsp3) is 0.818. The Balaban J connectivity index is 2.45. The van der Waals surface area contributed by atoms with Crippen LogP contribution in [-0.4, -0.2) is 40.5 Å². The third-order valence-corrected chi connectivity index (χ3v) is 3.02. The first-order chi connectivity index (χ1) is 7.97. The van der Waals surface area contributed by atoms with Crippen LogP contribution in [0, 0.1) is 0 Å². The topological polar surface area (TPSA) is 95.9 Å². The standard InChI is InChI=1S/C11H19NO5/c1-11(5-3-2-4-6-11)17-10(16)12-8(7-13)9(14)15/h8,13H,2-7H2,1H3,(H,12,16)(H,14,15). The first-order valence-electron chi connectivity index (χ1n) is 5.80. The third kappa shape index (κ3) is 4.22. The predicted molar refractivity (Wildman–Crippen MR) is 59.6 cm³/mol. The largest absolute Gasteiger partial charge is 0.480 e. The van der Waals surface area contributed by atoms with Gasteiger partial charge in [-0.15, -0.1) is 0 Å². The molecule has 0 radical (unpaired) electrons. The Morgan fingerprint density at radius 2 is 1.94 bits per heavy atom. The van der Waals surface area contributed by atoms with Gasteiger partial charge in [0.1, 0.15) is 5.60 Å². The van der Waals surface area contributed by atoms with Crippen molar-refractivity contribution in [2.24, 2.45) is 0 Å². The van der Waals surface area contributed by atoms with Crippen LogP contribution in [0.5, 0.6) is 0 Å². The van der Waals surface area contributed by atoms with Crippen LogP contribution in [0.3, 0.4) is 0 Å². The lowest BCUT2D eigenvalue weighted by Gasteiger charge is -2.33. The van der Waals surface area contributed by atoms with E-state index in [0.717, 1.165) is 32.1 Å². The molecule has 0 heterocycles. The maximum absolute atomic E-state index is 11.5. The van der Waals surface area contributed by atoms with Gasteiger partial charge in [-0.1, -0.05) is 6.42 Å². The van der Waals surface area contributed by atoms with E-state index in [4.69, 9.17) is 14.9 Å². The lowest BCUT2D eigenvalue weighted by atomic mass is 9.86. The molecule has 0 aromatic heterocycles. The van der Waals surface area contributed by atoms with Crippen LogP contribution >= 0.6 is 0 Å². The van der Waals surface area contributed by atoms with Crippen LogP contribution in [0.2, 0.25) is 0 Å². The van der Waals surface area contributed by atoms with Crippen molar-refractivity contribution in [1.29, 1.82) is 0 Å². The van der Waals surface area contributed by atoms with Gasteiger partial charge in [0.2, 0.25) is 0 Å². The molecule has 1 rings (SSSR count).